The third kappa shape index (κ3) is 3.69. The first-order valence-electron chi connectivity index (χ1n) is 7.21. The van der Waals surface area contributed by atoms with E-state index in [1.807, 2.05) is 38.1 Å². The zero-order valence-electron chi connectivity index (χ0n) is 12.9. The molecular formula is C17H20N4O. The third-order valence-corrected chi connectivity index (χ3v) is 3.19. The van der Waals surface area contributed by atoms with Gasteiger partial charge in [-0.05, 0) is 31.5 Å². The molecule has 0 aliphatic carbocycles. The number of nitrogens with one attached hydrogen (secondary N) is 1. The van der Waals surface area contributed by atoms with Gasteiger partial charge in [-0.25, -0.2) is 9.97 Å². The molecule has 5 nitrogen and oxygen atoms in total. The molecule has 0 aliphatic rings. The number of benzene rings is 1. The third-order valence-electron chi connectivity index (χ3n) is 3.19. The number of hydrogen-bond acceptors (Lipinski definition) is 4. The van der Waals surface area contributed by atoms with Crippen LogP contribution >= 0.6 is 0 Å². The summed E-state index contributed by atoms with van der Waals surface area (Å²) in [6, 6.07) is 9.51. The van der Waals surface area contributed by atoms with Crippen LogP contribution in [0.5, 0.6) is 0 Å². The van der Waals surface area contributed by atoms with Crippen molar-refractivity contribution in [2.45, 2.75) is 13.8 Å². The number of nitrogens with zero attached hydrogens (tertiary/aromatic N) is 3. The summed E-state index contributed by atoms with van der Waals surface area (Å²) in [5, 5.41) is 3.06. The summed E-state index contributed by atoms with van der Waals surface area (Å²) in [6.45, 7) is 8.74. The van der Waals surface area contributed by atoms with Crippen LogP contribution in [0.15, 0.2) is 49.3 Å². The summed E-state index contributed by atoms with van der Waals surface area (Å²) < 4.78 is 0. The van der Waals surface area contributed by atoms with Crippen molar-refractivity contribution < 1.29 is 4.79 Å². The second-order valence-electron chi connectivity index (χ2n) is 4.85. The lowest BCUT2D eigenvalue weighted by Crippen LogP contribution is -2.31. The molecule has 0 spiro atoms. The van der Waals surface area contributed by atoms with Gasteiger partial charge in [-0.2, -0.15) is 0 Å². The number of hydrogen-bond donors (Lipinski definition) is 1. The molecule has 1 heterocycles. The Balaban J connectivity index is 2.26. The van der Waals surface area contributed by atoms with Crippen LogP contribution in [0.25, 0.3) is 0 Å². The predicted octanol–water partition coefficient (Wildman–Crippen LogP) is 3.05. The van der Waals surface area contributed by atoms with Gasteiger partial charge in [0.2, 0.25) is 0 Å². The Hall–Kier alpha value is -2.69. The molecule has 114 valence electrons. The van der Waals surface area contributed by atoms with Gasteiger partial charge in [0.25, 0.3) is 5.91 Å². The molecule has 1 aromatic carbocycles. The summed E-state index contributed by atoms with van der Waals surface area (Å²) in [6.07, 6.45) is 3.12. The van der Waals surface area contributed by atoms with E-state index in [0.717, 1.165) is 11.3 Å². The molecule has 2 aromatic rings. The lowest BCUT2D eigenvalue weighted by molar-refractivity contribution is 0.0983. The van der Waals surface area contributed by atoms with E-state index in [9.17, 15) is 4.79 Å². The maximum absolute atomic E-state index is 12.7. The summed E-state index contributed by atoms with van der Waals surface area (Å²) in [4.78, 5) is 22.6. The van der Waals surface area contributed by atoms with Crippen LogP contribution in [-0.2, 0) is 0 Å². The monoisotopic (exact) mass is 296 g/mol. The fraction of sp³-hybridized carbons (Fsp3) is 0.235. The zero-order valence-corrected chi connectivity index (χ0v) is 12.9. The maximum Gasteiger partial charge on any atom is 0.277 e. The van der Waals surface area contributed by atoms with Gasteiger partial charge in [-0.1, -0.05) is 18.2 Å². The van der Waals surface area contributed by atoms with Gasteiger partial charge in [-0.15, -0.1) is 6.58 Å². The van der Waals surface area contributed by atoms with Gasteiger partial charge in [0.15, 0.2) is 0 Å². The van der Waals surface area contributed by atoms with Crippen LogP contribution in [0.4, 0.5) is 11.5 Å². The molecule has 0 radical (unpaired) electrons. The summed E-state index contributed by atoms with van der Waals surface area (Å²) in [5.41, 5.74) is 2.34. The van der Waals surface area contributed by atoms with Crippen molar-refractivity contribution in [2.75, 3.05) is 23.3 Å². The van der Waals surface area contributed by atoms with Gasteiger partial charge >= 0.3 is 0 Å². The zero-order chi connectivity index (χ0) is 15.9. The number of aromatic nitrogens is 2. The molecular weight excluding hydrogens is 276 g/mol. The number of carbonyl (C=O) groups is 1. The fourth-order valence-corrected chi connectivity index (χ4v) is 2.13. The molecule has 0 aliphatic heterocycles. The largest absolute Gasteiger partial charge is 0.366 e. The first-order chi connectivity index (χ1) is 10.7. The van der Waals surface area contributed by atoms with Crippen molar-refractivity contribution in [3.05, 3.63) is 60.6 Å². The predicted molar refractivity (Wildman–Crippen MR) is 89.2 cm³/mol. The Morgan fingerprint density at radius 1 is 1.36 bits per heavy atom. The van der Waals surface area contributed by atoms with Crippen molar-refractivity contribution in [1.29, 1.82) is 0 Å². The average Bonchev–Trinajstić information content (AvgIpc) is 2.54. The van der Waals surface area contributed by atoms with Gasteiger partial charge < -0.3 is 10.2 Å². The molecule has 0 unspecified atom stereocenters. The summed E-state index contributed by atoms with van der Waals surface area (Å²) >= 11 is 0. The van der Waals surface area contributed by atoms with E-state index in [1.165, 1.54) is 6.33 Å². The highest BCUT2D eigenvalue weighted by atomic mass is 16.2. The van der Waals surface area contributed by atoms with Crippen molar-refractivity contribution in [3.8, 4) is 0 Å². The van der Waals surface area contributed by atoms with Gasteiger partial charge in [0.05, 0.1) is 0 Å². The van der Waals surface area contributed by atoms with E-state index in [-0.39, 0.29) is 5.91 Å². The minimum atomic E-state index is -0.142. The number of rotatable bonds is 6. The Morgan fingerprint density at radius 2 is 2.18 bits per heavy atom. The average molecular weight is 296 g/mol. The minimum absolute atomic E-state index is 0.142. The highest BCUT2D eigenvalue weighted by molar-refractivity contribution is 6.05. The van der Waals surface area contributed by atoms with E-state index in [0.29, 0.717) is 24.6 Å². The standard InChI is InChI=1S/C17H20N4O/c1-4-9-18-16-11-15(19-12-20-16)17(22)21(5-2)14-8-6-7-13(3)10-14/h4,6-8,10-12H,1,5,9H2,2-3H3,(H,18,19,20). The first kappa shape index (κ1) is 15.7. The minimum Gasteiger partial charge on any atom is -0.366 e. The highest BCUT2D eigenvalue weighted by Gasteiger charge is 2.18. The number of aryl methyl sites for hydroxylation is 1. The molecule has 0 saturated heterocycles. The molecule has 1 amide bonds. The number of amides is 1. The van der Waals surface area contributed by atoms with Crippen LogP contribution in [0.1, 0.15) is 23.0 Å². The molecule has 0 saturated carbocycles. The summed E-state index contributed by atoms with van der Waals surface area (Å²) in [7, 11) is 0. The normalized spacial score (nSPS) is 10.1. The molecule has 2 rings (SSSR count). The van der Waals surface area contributed by atoms with Crippen LogP contribution in [-0.4, -0.2) is 29.0 Å². The summed E-state index contributed by atoms with van der Waals surface area (Å²) in [5.74, 6) is 0.468. The Labute approximate surface area is 130 Å². The second-order valence-corrected chi connectivity index (χ2v) is 4.85. The highest BCUT2D eigenvalue weighted by Crippen LogP contribution is 2.18. The molecule has 0 bridgehead atoms. The molecule has 1 aromatic heterocycles. The topological polar surface area (TPSA) is 58.1 Å². The first-order valence-corrected chi connectivity index (χ1v) is 7.21. The van der Waals surface area contributed by atoms with E-state index < -0.39 is 0 Å². The van der Waals surface area contributed by atoms with E-state index >= 15 is 0 Å². The van der Waals surface area contributed by atoms with Crippen molar-refractivity contribution >= 4 is 17.4 Å². The van der Waals surface area contributed by atoms with Crippen LogP contribution in [0.2, 0.25) is 0 Å². The molecule has 0 atom stereocenters. The SMILES string of the molecule is C=CCNc1cc(C(=O)N(CC)c2cccc(C)c2)ncn1. The Kier molecular flexibility index (Phi) is 5.25. The van der Waals surface area contributed by atoms with Crippen molar-refractivity contribution in [1.82, 2.24) is 9.97 Å². The van der Waals surface area contributed by atoms with Gasteiger partial charge in [0, 0.05) is 24.8 Å². The lowest BCUT2D eigenvalue weighted by Gasteiger charge is -2.21. The lowest BCUT2D eigenvalue weighted by atomic mass is 10.2. The molecule has 5 heteroatoms. The fourth-order valence-electron chi connectivity index (χ4n) is 2.13. The number of anilines is 2. The van der Waals surface area contributed by atoms with E-state index in [1.54, 1.807) is 17.0 Å². The smallest absolute Gasteiger partial charge is 0.277 e. The van der Waals surface area contributed by atoms with E-state index in [2.05, 4.69) is 21.9 Å². The van der Waals surface area contributed by atoms with Crippen LogP contribution in [0.3, 0.4) is 0 Å². The van der Waals surface area contributed by atoms with Gasteiger partial charge in [-0.3, -0.25) is 4.79 Å². The van der Waals surface area contributed by atoms with Crippen LogP contribution in [0, 0.1) is 6.92 Å². The molecule has 22 heavy (non-hydrogen) atoms. The Morgan fingerprint density at radius 3 is 2.86 bits per heavy atom. The van der Waals surface area contributed by atoms with Gasteiger partial charge in [0.1, 0.15) is 17.8 Å². The second kappa shape index (κ2) is 7.36. The molecule has 0 fully saturated rings. The number of carbonyl (C=O) groups excluding carboxylic acids is 1. The van der Waals surface area contributed by atoms with E-state index in [4.69, 9.17) is 0 Å². The van der Waals surface area contributed by atoms with Crippen LogP contribution < -0.4 is 10.2 Å². The molecule has 1 N–H and O–H groups in total. The quantitative estimate of drug-likeness (QED) is 0.832. The Bertz CT molecular complexity index is 669. The van der Waals surface area contributed by atoms with Crippen molar-refractivity contribution in [2.24, 2.45) is 0 Å². The maximum atomic E-state index is 12.7. The van der Waals surface area contributed by atoms with Crippen molar-refractivity contribution in [3.63, 3.8) is 0 Å².